The molecule has 4 heteroatoms. The number of carboxylic acids is 1. The summed E-state index contributed by atoms with van der Waals surface area (Å²) >= 11 is 0. The molecule has 0 spiro atoms. The fraction of sp³-hybridized carbons (Fsp3) is 0.909. The van der Waals surface area contributed by atoms with Crippen molar-refractivity contribution >= 4 is 14.0 Å². The smallest absolute Gasteiger partial charge is 0.300 e. The van der Waals surface area contributed by atoms with Gasteiger partial charge in [-0.25, -0.2) is 0 Å². The lowest BCUT2D eigenvalue weighted by Crippen LogP contribution is -2.31. The van der Waals surface area contributed by atoms with Gasteiger partial charge in [-0.1, -0.05) is 44.9 Å². The Morgan fingerprint density at radius 1 is 1.13 bits per heavy atom. The van der Waals surface area contributed by atoms with Gasteiger partial charge < -0.3 is 10.2 Å². The molecule has 3 nitrogen and oxygen atoms in total. The molecule has 0 saturated carbocycles. The third-order valence-corrected chi connectivity index (χ3v) is 9.03. The van der Waals surface area contributed by atoms with Gasteiger partial charge in [0.2, 0.25) is 0 Å². The van der Waals surface area contributed by atoms with E-state index in [-0.39, 0.29) is 0 Å². The van der Waals surface area contributed by atoms with E-state index < -0.39 is 14.0 Å². The number of carboxylic acid groups (broad SMARTS) is 1. The van der Waals surface area contributed by atoms with Gasteiger partial charge in [-0.2, -0.15) is 0 Å². The maximum Gasteiger partial charge on any atom is 0.300 e. The van der Waals surface area contributed by atoms with E-state index >= 15 is 0 Å². The minimum absolute atomic E-state index is 0.384. The maximum absolute atomic E-state index is 9.00. The van der Waals surface area contributed by atoms with Crippen LogP contribution in [0.5, 0.6) is 0 Å². The lowest BCUT2D eigenvalue weighted by molar-refractivity contribution is -0.134. The first-order valence-electron chi connectivity index (χ1n) is 5.78. The molecule has 0 fully saturated rings. The Morgan fingerprint density at radius 3 is 1.67 bits per heavy atom. The molecule has 0 atom stereocenters. The monoisotopic (exact) mass is 234 g/mol. The number of carbonyl (C=O) groups is 1. The van der Waals surface area contributed by atoms with Crippen LogP contribution in [0.2, 0.25) is 24.2 Å². The Kier molecular flexibility index (Phi) is 11.6. The predicted molar refractivity (Wildman–Crippen MR) is 67.0 cm³/mol. The Balaban J connectivity index is 0. The molecule has 0 saturated heterocycles. The van der Waals surface area contributed by atoms with E-state index in [0.717, 1.165) is 13.3 Å². The second kappa shape index (κ2) is 10.2. The molecule has 0 aliphatic carbocycles. The van der Waals surface area contributed by atoms with Gasteiger partial charge in [0.15, 0.2) is 0 Å². The Morgan fingerprint density at radius 2 is 1.47 bits per heavy atom. The van der Waals surface area contributed by atoms with Crippen molar-refractivity contribution in [2.75, 3.05) is 6.61 Å². The second-order valence-electron chi connectivity index (χ2n) is 3.91. The second-order valence-corrected chi connectivity index (χ2v) is 9.53. The molecule has 0 bridgehead atoms. The predicted octanol–water partition coefficient (Wildman–Crippen LogP) is 2.97. The Bertz CT molecular complexity index is 144. The first-order chi connectivity index (χ1) is 6.97. The van der Waals surface area contributed by atoms with Crippen LogP contribution >= 0.6 is 0 Å². The normalized spacial score (nSPS) is 10.5. The van der Waals surface area contributed by atoms with E-state index in [4.69, 9.17) is 15.0 Å². The fourth-order valence-corrected chi connectivity index (χ4v) is 5.20. The van der Waals surface area contributed by atoms with Crippen molar-refractivity contribution in [2.45, 2.75) is 58.3 Å². The standard InChI is InChI=1S/C9H22OSi.C2H4O2/c1-4-11(5-2,6-3)9-7-8-10;1-2(3)4/h10H,4-9H2,1-3H3;1H3,(H,3,4). The highest BCUT2D eigenvalue weighted by Crippen LogP contribution is 2.25. The van der Waals surface area contributed by atoms with E-state index in [1.54, 1.807) is 0 Å². The average Bonchev–Trinajstić information content (AvgIpc) is 2.20. The number of aliphatic hydroxyl groups excluding tert-OH is 1. The summed E-state index contributed by atoms with van der Waals surface area (Å²) in [5, 5.41) is 16.2. The third-order valence-electron chi connectivity index (χ3n) is 3.12. The lowest BCUT2D eigenvalue weighted by Gasteiger charge is -2.27. The van der Waals surface area contributed by atoms with Crippen molar-refractivity contribution < 1.29 is 15.0 Å². The maximum atomic E-state index is 9.00. The molecule has 0 unspecified atom stereocenters. The highest BCUT2D eigenvalue weighted by molar-refractivity contribution is 6.79. The zero-order valence-corrected chi connectivity index (χ0v) is 11.5. The summed E-state index contributed by atoms with van der Waals surface area (Å²) in [6.07, 6.45) is 1.03. The summed E-state index contributed by atoms with van der Waals surface area (Å²) in [6.45, 7) is 8.42. The molecule has 0 aliphatic rings. The number of hydrogen-bond donors (Lipinski definition) is 2. The lowest BCUT2D eigenvalue weighted by atomic mass is 10.5. The molecule has 0 heterocycles. The summed E-state index contributed by atoms with van der Waals surface area (Å²) in [5.41, 5.74) is 0. The molecule has 0 aromatic carbocycles. The van der Waals surface area contributed by atoms with Gasteiger partial charge in [0.25, 0.3) is 5.97 Å². The van der Waals surface area contributed by atoms with E-state index in [9.17, 15) is 0 Å². The van der Waals surface area contributed by atoms with Crippen molar-refractivity contribution in [2.24, 2.45) is 0 Å². The highest BCUT2D eigenvalue weighted by atomic mass is 28.3. The van der Waals surface area contributed by atoms with Crippen molar-refractivity contribution in [1.82, 2.24) is 0 Å². The molecule has 92 valence electrons. The summed E-state index contributed by atoms with van der Waals surface area (Å²) < 4.78 is 0. The highest BCUT2D eigenvalue weighted by Gasteiger charge is 2.25. The number of aliphatic carboxylic acids is 1. The van der Waals surface area contributed by atoms with E-state index in [0.29, 0.717) is 6.61 Å². The zero-order valence-electron chi connectivity index (χ0n) is 10.5. The van der Waals surface area contributed by atoms with Gasteiger partial charge in [0, 0.05) is 13.5 Å². The van der Waals surface area contributed by atoms with Crippen molar-refractivity contribution in [3.63, 3.8) is 0 Å². The van der Waals surface area contributed by atoms with Crippen LogP contribution in [0.1, 0.15) is 34.1 Å². The summed E-state index contributed by atoms with van der Waals surface area (Å²) in [5.74, 6) is -0.833. The van der Waals surface area contributed by atoms with Crippen LogP contribution in [0, 0.1) is 0 Å². The summed E-state index contributed by atoms with van der Waals surface area (Å²) in [6, 6.07) is 5.49. The van der Waals surface area contributed by atoms with Gasteiger partial charge in [0.1, 0.15) is 0 Å². The number of rotatable bonds is 6. The molecular weight excluding hydrogens is 208 g/mol. The summed E-state index contributed by atoms with van der Waals surface area (Å²) in [7, 11) is -0.898. The first-order valence-corrected chi connectivity index (χ1v) is 8.61. The van der Waals surface area contributed by atoms with Gasteiger partial charge in [0.05, 0.1) is 8.07 Å². The van der Waals surface area contributed by atoms with Gasteiger partial charge in [-0.15, -0.1) is 0 Å². The number of aliphatic hydroxyl groups is 1. The molecule has 2 N–H and O–H groups in total. The van der Waals surface area contributed by atoms with Crippen LogP contribution in [0.15, 0.2) is 0 Å². The van der Waals surface area contributed by atoms with E-state index in [2.05, 4.69) is 20.8 Å². The molecule has 0 aromatic rings. The summed E-state index contributed by atoms with van der Waals surface area (Å²) in [4.78, 5) is 9.00. The average molecular weight is 234 g/mol. The van der Waals surface area contributed by atoms with E-state index in [1.165, 1.54) is 24.2 Å². The molecular formula is C11H26O3Si. The molecule has 0 aromatic heterocycles. The van der Waals surface area contributed by atoms with Gasteiger partial charge in [-0.05, 0) is 6.42 Å². The largest absolute Gasteiger partial charge is 0.481 e. The quantitative estimate of drug-likeness (QED) is 0.695. The minimum Gasteiger partial charge on any atom is -0.481 e. The van der Waals surface area contributed by atoms with E-state index in [1.807, 2.05) is 0 Å². The Labute approximate surface area is 94.5 Å². The van der Waals surface area contributed by atoms with Crippen LogP contribution in [0.4, 0.5) is 0 Å². The molecule has 0 radical (unpaired) electrons. The SMILES string of the molecule is CC(=O)O.CC[Si](CC)(CC)CCCO. The van der Waals surface area contributed by atoms with Gasteiger partial charge in [-0.3, -0.25) is 4.79 Å². The van der Waals surface area contributed by atoms with Gasteiger partial charge >= 0.3 is 0 Å². The van der Waals surface area contributed by atoms with Crippen LogP contribution in [0.3, 0.4) is 0 Å². The minimum atomic E-state index is -0.898. The van der Waals surface area contributed by atoms with Crippen molar-refractivity contribution in [3.8, 4) is 0 Å². The third kappa shape index (κ3) is 9.94. The zero-order chi connectivity index (χ0) is 12.3. The van der Waals surface area contributed by atoms with Crippen LogP contribution < -0.4 is 0 Å². The molecule has 0 aliphatic heterocycles. The van der Waals surface area contributed by atoms with Crippen molar-refractivity contribution in [1.29, 1.82) is 0 Å². The first kappa shape index (κ1) is 17.1. The van der Waals surface area contributed by atoms with Crippen LogP contribution in [-0.2, 0) is 4.79 Å². The molecule has 15 heavy (non-hydrogen) atoms. The number of hydrogen-bond acceptors (Lipinski definition) is 2. The fourth-order valence-electron chi connectivity index (χ4n) is 1.73. The van der Waals surface area contributed by atoms with Crippen LogP contribution in [0.25, 0.3) is 0 Å². The Hall–Kier alpha value is -0.353. The topological polar surface area (TPSA) is 57.5 Å². The molecule has 0 rings (SSSR count). The van der Waals surface area contributed by atoms with Crippen molar-refractivity contribution in [3.05, 3.63) is 0 Å². The van der Waals surface area contributed by atoms with Crippen LogP contribution in [-0.4, -0.2) is 30.9 Å². The molecule has 0 amide bonds.